The van der Waals surface area contributed by atoms with Crippen LogP contribution in [0.1, 0.15) is 11.1 Å². The zero-order valence-electron chi connectivity index (χ0n) is 10.9. The lowest BCUT2D eigenvalue weighted by Gasteiger charge is -2.20. The molecule has 0 bridgehead atoms. The summed E-state index contributed by atoms with van der Waals surface area (Å²) in [5.41, 5.74) is 4.01. The molecule has 0 fully saturated rings. The van der Waals surface area contributed by atoms with Gasteiger partial charge in [0.05, 0.1) is 0 Å². The lowest BCUT2D eigenvalue weighted by atomic mass is 10.1. The van der Waals surface area contributed by atoms with Crippen LogP contribution < -0.4 is 4.90 Å². The van der Waals surface area contributed by atoms with Crippen molar-refractivity contribution < 1.29 is 13.0 Å². The Balaban J connectivity index is 1.94. The van der Waals surface area contributed by atoms with E-state index in [0.717, 1.165) is 24.3 Å². The van der Waals surface area contributed by atoms with Crippen LogP contribution in [0, 0.1) is 0 Å². The van der Waals surface area contributed by atoms with Gasteiger partial charge in [-0.1, -0.05) is 30.3 Å². The van der Waals surface area contributed by atoms with E-state index in [1.807, 2.05) is 30.3 Å². The Kier molecular flexibility index (Phi) is 3.23. The van der Waals surface area contributed by atoms with Crippen LogP contribution in [0.25, 0.3) is 0 Å². The Hall–Kier alpha value is -1.85. The summed E-state index contributed by atoms with van der Waals surface area (Å²) in [7, 11) is -4.00. The van der Waals surface area contributed by atoms with Gasteiger partial charge in [0.15, 0.2) is 0 Å². The van der Waals surface area contributed by atoms with Gasteiger partial charge in [-0.15, -0.1) is 0 Å². The van der Waals surface area contributed by atoms with Gasteiger partial charge in [0.2, 0.25) is 0 Å². The molecule has 2 aromatic rings. The second-order valence-electron chi connectivity index (χ2n) is 4.93. The molecular weight excluding hydrogens is 274 g/mol. The molecule has 0 saturated heterocycles. The van der Waals surface area contributed by atoms with Gasteiger partial charge < -0.3 is 4.90 Å². The van der Waals surface area contributed by atoms with Gasteiger partial charge in [-0.25, -0.2) is 0 Å². The molecule has 2 aromatic carbocycles. The van der Waals surface area contributed by atoms with Crippen LogP contribution in [-0.4, -0.2) is 19.5 Å². The molecule has 3 rings (SSSR count). The third-order valence-corrected chi connectivity index (χ3v) is 4.16. The van der Waals surface area contributed by atoms with E-state index in [2.05, 4.69) is 17.0 Å². The predicted octanol–water partition coefficient (Wildman–Crippen LogP) is 2.77. The van der Waals surface area contributed by atoms with Crippen molar-refractivity contribution in [2.45, 2.75) is 12.2 Å². The first kappa shape index (κ1) is 13.1. The molecule has 4 nitrogen and oxygen atoms in total. The molecule has 0 aromatic heterocycles. The minimum Gasteiger partial charge on any atom is -0.341 e. The van der Waals surface area contributed by atoms with E-state index in [1.165, 1.54) is 5.56 Å². The number of para-hydroxylation sites is 1. The fraction of sp³-hybridized carbons (Fsp3) is 0.200. The summed E-state index contributed by atoms with van der Waals surface area (Å²) in [6.45, 7) is 0.884. The Labute approximate surface area is 118 Å². The number of benzene rings is 2. The standard InChI is InChI=1S/C15H15NO3S/c17-20(18,19)11-12-4-3-6-14(10-12)16-9-8-13-5-1-2-7-15(13)16/h1-7,10H,8-9,11H2,(H,17,18,19). The monoisotopic (exact) mass is 289 g/mol. The highest BCUT2D eigenvalue weighted by Gasteiger charge is 2.20. The Bertz CT molecular complexity index is 740. The molecule has 1 heterocycles. The van der Waals surface area contributed by atoms with Crippen LogP contribution in [0.15, 0.2) is 48.5 Å². The smallest absolute Gasteiger partial charge is 0.269 e. The first-order valence-electron chi connectivity index (χ1n) is 6.42. The molecule has 1 aliphatic heterocycles. The first-order chi connectivity index (χ1) is 9.53. The van der Waals surface area contributed by atoms with Gasteiger partial charge in [-0.2, -0.15) is 8.42 Å². The van der Waals surface area contributed by atoms with Crippen molar-refractivity contribution in [1.82, 2.24) is 0 Å². The van der Waals surface area contributed by atoms with Crippen molar-refractivity contribution in [3.05, 3.63) is 59.7 Å². The summed E-state index contributed by atoms with van der Waals surface area (Å²) in [5.74, 6) is -0.351. The molecule has 0 aliphatic carbocycles. The normalized spacial score (nSPS) is 14.3. The Morgan fingerprint density at radius 2 is 1.90 bits per heavy atom. The minimum atomic E-state index is -4.00. The minimum absolute atomic E-state index is 0.351. The maximum absolute atomic E-state index is 11.0. The van der Waals surface area contributed by atoms with Gasteiger partial charge >= 0.3 is 0 Å². The quantitative estimate of drug-likeness (QED) is 0.883. The number of fused-ring (bicyclic) bond motifs is 1. The third-order valence-electron chi connectivity index (χ3n) is 3.46. The molecule has 0 radical (unpaired) electrons. The molecular formula is C15H15NO3S. The fourth-order valence-electron chi connectivity index (χ4n) is 2.63. The van der Waals surface area contributed by atoms with Gasteiger partial charge in [0.1, 0.15) is 5.75 Å². The Morgan fingerprint density at radius 3 is 2.70 bits per heavy atom. The van der Waals surface area contributed by atoms with Crippen molar-refractivity contribution in [3.8, 4) is 0 Å². The van der Waals surface area contributed by atoms with E-state index in [9.17, 15) is 8.42 Å². The van der Waals surface area contributed by atoms with Crippen molar-refractivity contribution in [2.75, 3.05) is 11.4 Å². The molecule has 0 saturated carbocycles. The predicted molar refractivity (Wildman–Crippen MR) is 78.8 cm³/mol. The highest BCUT2D eigenvalue weighted by Crippen LogP contribution is 2.34. The van der Waals surface area contributed by atoms with Gasteiger partial charge in [0, 0.05) is 17.9 Å². The van der Waals surface area contributed by atoms with Crippen LogP contribution in [0.5, 0.6) is 0 Å². The second-order valence-corrected chi connectivity index (χ2v) is 6.38. The van der Waals surface area contributed by atoms with Crippen molar-refractivity contribution >= 4 is 21.5 Å². The van der Waals surface area contributed by atoms with Crippen LogP contribution in [-0.2, 0) is 22.3 Å². The SMILES string of the molecule is O=S(=O)(O)Cc1cccc(N2CCc3ccccc32)c1. The van der Waals surface area contributed by atoms with E-state index < -0.39 is 10.1 Å². The lowest BCUT2D eigenvalue weighted by Crippen LogP contribution is -2.13. The molecule has 5 heteroatoms. The number of nitrogens with zero attached hydrogens (tertiary/aromatic N) is 1. The maximum atomic E-state index is 11.0. The molecule has 0 amide bonds. The lowest BCUT2D eigenvalue weighted by molar-refractivity contribution is 0.482. The van der Waals surface area contributed by atoms with Crippen molar-refractivity contribution in [2.24, 2.45) is 0 Å². The van der Waals surface area contributed by atoms with Crippen LogP contribution in [0.3, 0.4) is 0 Å². The summed E-state index contributed by atoms with van der Waals surface area (Å²) < 4.78 is 30.9. The number of hydrogen-bond donors (Lipinski definition) is 1. The van der Waals surface area contributed by atoms with Crippen molar-refractivity contribution in [1.29, 1.82) is 0 Å². The van der Waals surface area contributed by atoms with E-state index in [4.69, 9.17) is 4.55 Å². The fourth-order valence-corrected chi connectivity index (χ4v) is 3.23. The molecule has 104 valence electrons. The van der Waals surface area contributed by atoms with Crippen LogP contribution >= 0.6 is 0 Å². The van der Waals surface area contributed by atoms with Crippen LogP contribution in [0.2, 0.25) is 0 Å². The summed E-state index contributed by atoms with van der Waals surface area (Å²) >= 11 is 0. The van der Waals surface area contributed by atoms with Gasteiger partial charge in [-0.05, 0) is 35.7 Å². The number of hydrogen-bond acceptors (Lipinski definition) is 3. The van der Waals surface area contributed by atoms with Gasteiger partial charge in [-0.3, -0.25) is 4.55 Å². The molecule has 20 heavy (non-hydrogen) atoms. The topological polar surface area (TPSA) is 57.6 Å². The molecule has 0 atom stereocenters. The summed E-state index contributed by atoms with van der Waals surface area (Å²) in [6, 6.07) is 15.5. The number of rotatable bonds is 3. The van der Waals surface area contributed by atoms with E-state index in [0.29, 0.717) is 5.56 Å². The molecule has 1 N–H and O–H groups in total. The summed E-state index contributed by atoms with van der Waals surface area (Å²) in [6.07, 6.45) is 0.985. The maximum Gasteiger partial charge on any atom is 0.269 e. The van der Waals surface area contributed by atoms with Gasteiger partial charge in [0.25, 0.3) is 10.1 Å². The largest absolute Gasteiger partial charge is 0.341 e. The molecule has 0 spiro atoms. The number of anilines is 2. The summed E-state index contributed by atoms with van der Waals surface area (Å²) in [4.78, 5) is 2.17. The zero-order valence-corrected chi connectivity index (χ0v) is 11.7. The van der Waals surface area contributed by atoms with E-state index >= 15 is 0 Å². The van der Waals surface area contributed by atoms with Crippen LogP contribution in [0.4, 0.5) is 11.4 Å². The molecule has 0 unspecified atom stereocenters. The van der Waals surface area contributed by atoms with E-state index in [-0.39, 0.29) is 5.75 Å². The average molecular weight is 289 g/mol. The van der Waals surface area contributed by atoms with E-state index in [1.54, 1.807) is 6.07 Å². The van der Waals surface area contributed by atoms with Crippen molar-refractivity contribution in [3.63, 3.8) is 0 Å². The first-order valence-corrected chi connectivity index (χ1v) is 8.03. The zero-order chi connectivity index (χ0) is 14.2. The summed E-state index contributed by atoms with van der Waals surface area (Å²) in [5, 5.41) is 0. The third kappa shape index (κ3) is 2.69. The highest BCUT2D eigenvalue weighted by molar-refractivity contribution is 7.85. The molecule has 1 aliphatic rings. The Morgan fingerprint density at radius 1 is 1.10 bits per heavy atom. The second kappa shape index (κ2) is 4.92. The highest BCUT2D eigenvalue weighted by atomic mass is 32.2. The average Bonchev–Trinajstić information content (AvgIpc) is 2.81.